The van der Waals surface area contributed by atoms with Gasteiger partial charge in [0.05, 0.1) is 24.6 Å². The lowest BCUT2D eigenvalue weighted by molar-refractivity contribution is -0.125. The molecule has 2 heterocycles. The van der Waals surface area contributed by atoms with Crippen LogP contribution in [0.15, 0.2) is 24.3 Å². The highest BCUT2D eigenvalue weighted by molar-refractivity contribution is 6.00. The minimum atomic E-state index is -0.358. The van der Waals surface area contributed by atoms with Gasteiger partial charge in [0.2, 0.25) is 5.91 Å². The van der Waals surface area contributed by atoms with E-state index in [0.717, 1.165) is 58.2 Å². The van der Waals surface area contributed by atoms with Crippen LogP contribution in [-0.2, 0) is 9.53 Å². The van der Waals surface area contributed by atoms with E-state index in [1.807, 2.05) is 31.7 Å². The molecule has 5 nitrogen and oxygen atoms in total. The molecule has 0 aromatic heterocycles. The molecule has 0 unspecified atom stereocenters. The highest BCUT2D eigenvalue weighted by Gasteiger charge is 2.32. The van der Waals surface area contributed by atoms with E-state index in [9.17, 15) is 4.79 Å². The molecule has 0 aliphatic carbocycles. The van der Waals surface area contributed by atoms with Crippen molar-refractivity contribution in [2.45, 2.75) is 20.8 Å². The molecule has 24 heavy (non-hydrogen) atoms. The Morgan fingerprint density at radius 1 is 1.00 bits per heavy atom. The van der Waals surface area contributed by atoms with Crippen LogP contribution in [0.4, 0.5) is 11.4 Å². The van der Waals surface area contributed by atoms with Crippen LogP contribution in [0.25, 0.3) is 0 Å². The summed E-state index contributed by atoms with van der Waals surface area (Å²) in [5.41, 5.74) is 1.86. The molecule has 0 bridgehead atoms. The van der Waals surface area contributed by atoms with Gasteiger partial charge in [0.1, 0.15) is 0 Å². The predicted octanol–water partition coefficient (Wildman–Crippen LogP) is 2.22. The normalized spacial score (nSPS) is 19.3. The summed E-state index contributed by atoms with van der Waals surface area (Å²) in [4.78, 5) is 19.6. The van der Waals surface area contributed by atoms with Crippen molar-refractivity contribution >= 4 is 17.3 Å². The summed E-state index contributed by atoms with van der Waals surface area (Å²) in [6, 6.07) is 8.29. The second-order valence-corrected chi connectivity index (χ2v) is 7.64. The van der Waals surface area contributed by atoms with Crippen LogP contribution in [0.1, 0.15) is 20.8 Å². The fourth-order valence-corrected chi connectivity index (χ4v) is 3.36. The number of carbonyl (C=O) groups excluding carboxylic acids is 1. The Balaban J connectivity index is 1.73. The van der Waals surface area contributed by atoms with Crippen LogP contribution in [-0.4, -0.2) is 63.3 Å². The second kappa shape index (κ2) is 7.11. The number of nitrogens with zero attached hydrogens (tertiary/aromatic N) is 3. The number of ether oxygens (including phenoxy) is 1. The van der Waals surface area contributed by atoms with Crippen molar-refractivity contribution in [2.24, 2.45) is 5.41 Å². The third kappa shape index (κ3) is 3.73. The van der Waals surface area contributed by atoms with Crippen molar-refractivity contribution in [1.29, 1.82) is 0 Å². The number of rotatable bonds is 3. The summed E-state index contributed by atoms with van der Waals surface area (Å²) in [6.45, 7) is 13.4. The molecule has 132 valence electrons. The van der Waals surface area contributed by atoms with Crippen LogP contribution in [0.2, 0.25) is 0 Å². The largest absolute Gasteiger partial charge is 0.379 e. The summed E-state index contributed by atoms with van der Waals surface area (Å²) in [6.07, 6.45) is 0. The van der Waals surface area contributed by atoms with Gasteiger partial charge in [-0.15, -0.1) is 0 Å². The maximum atomic E-state index is 12.8. The second-order valence-electron chi connectivity index (χ2n) is 7.64. The third-order valence-electron chi connectivity index (χ3n) is 4.78. The number of hydrogen-bond acceptors (Lipinski definition) is 4. The van der Waals surface area contributed by atoms with E-state index < -0.39 is 0 Å². The first kappa shape index (κ1) is 17.2. The van der Waals surface area contributed by atoms with Gasteiger partial charge in [-0.1, -0.05) is 32.9 Å². The minimum Gasteiger partial charge on any atom is -0.379 e. The van der Waals surface area contributed by atoms with E-state index >= 15 is 0 Å². The van der Waals surface area contributed by atoms with Gasteiger partial charge in [0.25, 0.3) is 0 Å². The number of amides is 1. The lowest BCUT2D eigenvalue weighted by Gasteiger charge is -2.40. The van der Waals surface area contributed by atoms with Crippen molar-refractivity contribution in [3.05, 3.63) is 24.3 Å². The number of morpholine rings is 1. The van der Waals surface area contributed by atoms with E-state index in [2.05, 4.69) is 28.0 Å². The van der Waals surface area contributed by atoms with E-state index in [1.165, 1.54) is 5.69 Å². The summed E-state index contributed by atoms with van der Waals surface area (Å²) < 4.78 is 5.42. The molecule has 0 N–H and O–H groups in total. The van der Waals surface area contributed by atoms with Crippen molar-refractivity contribution in [3.8, 4) is 0 Å². The molecule has 0 spiro atoms. The molecule has 2 aliphatic rings. The Bertz CT molecular complexity index is 576. The molecular weight excluding hydrogens is 302 g/mol. The molecule has 5 heteroatoms. The maximum absolute atomic E-state index is 12.8. The molecule has 0 atom stereocenters. The highest BCUT2D eigenvalue weighted by Crippen LogP contribution is 2.35. The van der Waals surface area contributed by atoms with E-state index in [1.54, 1.807) is 0 Å². The van der Waals surface area contributed by atoms with Crippen molar-refractivity contribution in [2.75, 3.05) is 62.3 Å². The summed E-state index contributed by atoms with van der Waals surface area (Å²) in [5, 5.41) is 0. The van der Waals surface area contributed by atoms with Crippen molar-refractivity contribution < 1.29 is 9.53 Å². The Labute approximate surface area is 145 Å². The van der Waals surface area contributed by atoms with Gasteiger partial charge in [0.15, 0.2) is 0 Å². The number of fused-ring (bicyclic) bond motifs is 1. The molecule has 1 amide bonds. The van der Waals surface area contributed by atoms with Crippen LogP contribution in [0, 0.1) is 5.41 Å². The molecule has 1 aromatic rings. The molecule has 1 saturated heterocycles. The van der Waals surface area contributed by atoms with Gasteiger partial charge in [0, 0.05) is 44.7 Å². The predicted molar refractivity (Wildman–Crippen MR) is 97.7 cm³/mol. The Morgan fingerprint density at radius 2 is 1.67 bits per heavy atom. The van der Waals surface area contributed by atoms with Crippen LogP contribution >= 0.6 is 0 Å². The molecule has 0 saturated carbocycles. The quantitative estimate of drug-likeness (QED) is 0.851. The summed E-state index contributed by atoms with van der Waals surface area (Å²) in [7, 11) is 0. The first-order valence-electron chi connectivity index (χ1n) is 8.93. The van der Waals surface area contributed by atoms with Gasteiger partial charge < -0.3 is 14.5 Å². The minimum absolute atomic E-state index is 0.197. The zero-order valence-electron chi connectivity index (χ0n) is 15.1. The highest BCUT2D eigenvalue weighted by atomic mass is 16.5. The number of anilines is 2. The third-order valence-corrected chi connectivity index (χ3v) is 4.78. The zero-order chi connectivity index (χ0) is 17.2. The Hall–Kier alpha value is -1.59. The van der Waals surface area contributed by atoms with Crippen molar-refractivity contribution in [1.82, 2.24) is 4.90 Å². The fraction of sp³-hybridized carbons (Fsp3) is 0.632. The molecule has 1 fully saturated rings. The van der Waals surface area contributed by atoms with Crippen LogP contribution in [0.5, 0.6) is 0 Å². The average molecular weight is 331 g/mol. The monoisotopic (exact) mass is 331 g/mol. The lowest BCUT2D eigenvalue weighted by Crippen LogP contribution is -2.49. The topological polar surface area (TPSA) is 36.0 Å². The molecule has 3 rings (SSSR count). The zero-order valence-corrected chi connectivity index (χ0v) is 15.1. The maximum Gasteiger partial charge on any atom is 0.232 e. The van der Waals surface area contributed by atoms with Gasteiger partial charge >= 0.3 is 0 Å². The van der Waals surface area contributed by atoms with E-state index in [4.69, 9.17) is 4.74 Å². The standard InChI is InChI=1S/C19H29N3O2/c1-19(2,3)18(23)22-11-10-21(16-6-4-5-7-17(16)22)9-8-20-12-14-24-15-13-20/h4-7H,8-15H2,1-3H3. The Morgan fingerprint density at radius 3 is 2.33 bits per heavy atom. The van der Waals surface area contributed by atoms with Gasteiger partial charge in [-0.05, 0) is 12.1 Å². The van der Waals surface area contributed by atoms with Crippen molar-refractivity contribution in [3.63, 3.8) is 0 Å². The first-order chi connectivity index (χ1) is 11.5. The van der Waals surface area contributed by atoms with Gasteiger partial charge in [-0.25, -0.2) is 0 Å². The van der Waals surface area contributed by atoms with Crippen LogP contribution < -0.4 is 9.80 Å². The number of para-hydroxylation sites is 2. The molecular formula is C19H29N3O2. The summed E-state index contributed by atoms with van der Waals surface area (Å²) in [5.74, 6) is 0.197. The number of carbonyl (C=O) groups is 1. The SMILES string of the molecule is CC(C)(C)C(=O)N1CCN(CCN2CCOCC2)c2ccccc21. The van der Waals surface area contributed by atoms with Crippen LogP contribution in [0.3, 0.4) is 0 Å². The first-order valence-corrected chi connectivity index (χ1v) is 8.93. The van der Waals surface area contributed by atoms with Gasteiger partial charge in [-0.3, -0.25) is 9.69 Å². The Kier molecular flexibility index (Phi) is 5.11. The van der Waals surface area contributed by atoms with E-state index in [-0.39, 0.29) is 11.3 Å². The van der Waals surface area contributed by atoms with Gasteiger partial charge in [-0.2, -0.15) is 0 Å². The molecule has 0 radical (unpaired) electrons. The molecule has 2 aliphatic heterocycles. The number of hydrogen-bond donors (Lipinski definition) is 0. The van der Waals surface area contributed by atoms with E-state index in [0.29, 0.717) is 0 Å². The molecule has 1 aromatic carbocycles. The lowest BCUT2D eigenvalue weighted by atomic mass is 9.93. The smallest absolute Gasteiger partial charge is 0.232 e. The fourth-order valence-electron chi connectivity index (χ4n) is 3.36. The number of benzene rings is 1. The average Bonchev–Trinajstić information content (AvgIpc) is 2.59. The summed E-state index contributed by atoms with van der Waals surface area (Å²) >= 11 is 0.